The van der Waals surface area contributed by atoms with Crippen LogP contribution in [-0.2, 0) is 0 Å². The van der Waals surface area contributed by atoms with Gasteiger partial charge >= 0.3 is 0 Å². The molecule has 1 N–H and O–H groups in total. The van der Waals surface area contributed by atoms with Gasteiger partial charge in [0.25, 0.3) is 0 Å². The van der Waals surface area contributed by atoms with E-state index in [-0.39, 0.29) is 5.02 Å². The van der Waals surface area contributed by atoms with Crippen molar-refractivity contribution in [3.63, 3.8) is 0 Å². The first-order chi connectivity index (χ1) is 6.68. The Hall–Kier alpha value is -1.09. The van der Waals surface area contributed by atoms with E-state index in [0.717, 1.165) is 0 Å². The molecule has 1 heterocycles. The maximum Gasteiger partial charge on any atom is 0.142 e. The zero-order chi connectivity index (χ0) is 10.1. The van der Waals surface area contributed by atoms with Gasteiger partial charge in [-0.2, -0.15) is 0 Å². The molecule has 1 aliphatic rings. The van der Waals surface area contributed by atoms with E-state index in [1.807, 2.05) is 6.92 Å². The summed E-state index contributed by atoms with van der Waals surface area (Å²) in [6.07, 6.45) is 0. The number of aliphatic imine (C=N–C) groups is 1. The number of amidine groups is 1. The van der Waals surface area contributed by atoms with Gasteiger partial charge in [0.2, 0.25) is 0 Å². The lowest BCUT2D eigenvalue weighted by atomic mass is 10.2. The summed E-state index contributed by atoms with van der Waals surface area (Å²) in [4.78, 5) is 4.24. The van der Waals surface area contributed by atoms with E-state index in [1.54, 1.807) is 12.1 Å². The van der Waals surface area contributed by atoms with E-state index in [4.69, 9.17) is 11.6 Å². The summed E-state index contributed by atoms with van der Waals surface area (Å²) >= 11 is 5.83. The van der Waals surface area contributed by atoms with Gasteiger partial charge in [0.1, 0.15) is 11.7 Å². The molecule has 1 aromatic carbocycles. The predicted molar refractivity (Wildman–Crippen MR) is 55.4 cm³/mol. The molecule has 0 amide bonds. The van der Waals surface area contributed by atoms with E-state index in [9.17, 15) is 4.39 Å². The predicted octanol–water partition coefficient (Wildman–Crippen LogP) is 2.22. The van der Waals surface area contributed by atoms with Crippen LogP contribution in [0.5, 0.6) is 0 Å². The van der Waals surface area contributed by atoms with Gasteiger partial charge in [0, 0.05) is 11.6 Å². The highest BCUT2D eigenvalue weighted by molar-refractivity contribution is 6.34. The van der Waals surface area contributed by atoms with Gasteiger partial charge in [0.05, 0.1) is 11.6 Å². The molecule has 0 saturated carbocycles. The molecule has 0 aromatic heterocycles. The fourth-order valence-corrected chi connectivity index (χ4v) is 1.62. The Morgan fingerprint density at radius 3 is 3.00 bits per heavy atom. The molecule has 14 heavy (non-hydrogen) atoms. The van der Waals surface area contributed by atoms with Crippen LogP contribution in [0.4, 0.5) is 4.39 Å². The number of hydrogen-bond acceptors (Lipinski definition) is 2. The van der Waals surface area contributed by atoms with Crippen molar-refractivity contribution in [3.8, 4) is 0 Å². The molecule has 0 radical (unpaired) electrons. The van der Waals surface area contributed by atoms with Gasteiger partial charge in [-0.1, -0.05) is 17.7 Å². The Morgan fingerprint density at radius 2 is 2.36 bits per heavy atom. The second-order valence-electron chi connectivity index (χ2n) is 3.34. The maximum atomic E-state index is 13.1. The van der Waals surface area contributed by atoms with Crippen molar-refractivity contribution < 1.29 is 4.39 Å². The van der Waals surface area contributed by atoms with Gasteiger partial charge < -0.3 is 5.32 Å². The molecule has 0 fully saturated rings. The Balaban J connectivity index is 2.38. The van der Waals surface area contributed by atoms with Crippen LogP contribution < -0.4 is 5.32 Å². The number of benzene rings is 1. The molecular weight excluding hydrogens is 203 g/mol. The van der Waals surface area contributed by atoms with Gasteiger partial charge in [-0.05, 0) is 19.1 Å². The lowest BCUT2D eigenvalue weighted by Gasteiger charge is -2.07. The fourth-order valence-electron chi connectivity index (χ4n) is 1.40. The zero-order valence-corrected chi connectivity index (χ0v) is 8.48. The Morgan fingerprint density at radius 1 is 1.57 bits per heavy atom. The van der Waals surface area contributed by atoms with Crippen molar-refractivity contribution in [1.82, 2.24) is 5.32 Å². The summed E-state index contributed by atoms with van der Waals surface area (Å²) in [7, 11) is 0. The minimum atomic E-state index is -0.409. The number of rotatable bonds is 1. The van der Waals surface area contributed by atoms with Gasteiger partial charge in [-0.15, -0.1) is 0 Å². The molecule has 1 atom stereocenters. The molecule has 0 saturated heterocycles. The lowest BCUT2D eigenvalue weighted by molar-refractivity contribution is 0.627. The van der Waals surface area contributed by atoms with Crippen LogP contribution in [0.2, 0.25) is 5.02 Å². The molecule has 2 nitrogen and oxygen atoms in total. The van der Waals surface area contributed by atoms with Crippen LogP contribution >= 0.6 is 11.6 Å². The highest BCUT2D eigenvalue weighted by Crippen LogP contribution is 2.21. The first-order valence-corrected chi connectivity index (χ1v) is 4.81. The van der Waals surface area contributed by atoms with Crippen LogP contribution in [-0.4, -0.2) is 18.4 Å². The molecule has 1 aromatic rings. The van der Waals surface area contributed by atoms with Crippen LogP contribution in [0.25, 0.3) is 0 Å². The number of hydrogen-bond donors (Lipinski definition) is 1. The van der Waals surface area contributed by atoms with Gasteiger partial charge in [-0.3, -0.25) is 4.99 Å². The summed E-state index contributed by atoms with van der Waals surface area (Å²) in [6.45, 7) is 2.73. The molecule has 1 aliphatic heterocycles. The van der Waals surface area contributed by atoms with Crippen molar-refractivity contribution in [1.29, 1.82) is 0 Å². The van der Waals surface area contributed by atoms with Crippen LogP contribution in [0.1, 0.15) is 12.5 Å². The molecule has 4 heteroatoms. The Kier molecular flexibility index (Phi) is 2.42. The van der Waals surface area contributed by atoms with Crippen molar-refractivity contribution in [3.05, 3.63) is 34.6 Å². The normalized spacial score (nSPS) is 20.5. The molecule has 1 unspecified atom stereocenters. The standard InChI is InChI=1S/C10H10ClFN2/c1-6-5-13-10(14-6)7-3-2-4-8(12)9(7)11/h2-4,6H,5H2,1H3,(H,13,14). The molecule has 0 bridgehead atoms. The first kappa shape index (κ1) is 9.46. The van der Waals surface area contributed by atoms with E-state index in [1.165, 1.54) is 6.07 Å². The topological polar surface area (TPSA) is 24.4 Å². The van der Waals surface area contributed by atoms with E-state index in [0.29, 0.717) is 24.0 Å². The quantitative estimate of drug-likeness (QED) is 0.759. The maximum absolute atomic E-state index is 13.1. The lowest BCUT2D eigenvalue weighted by Crippen LogP contribution is -2.27. The van der Waals surface area contributed by atoms with E-state index in [2.05, 4.69) is 10.3 Å². The van der Waals surface area contributed by atoms with Gasteiger partial charge in [0.15, 0.2) is 0 Å². The summed E-state index contributed by atoms with van der Waals surface area (Å²) in [5.41, 5.74) is 0.635. The SMILES string of the molecule is CC1CN=C(c2cccc(F)c2Cl)N1. The van der Waals surface area contributed by atoms with Crippen LogP contribution in [0.15, 0.2) is 23.2 Å². The van der Waals surface area contributed by atoms with Crippen molar-refractivity contribution in [2.75, 3.05) is 6.54 Å². The summed E-state index contributed by atoms with van der Waals surface area (Å²) in [6, 6.07) is 5.02. The Bertz CT molecular complexity index is 390. The van der Waals surface area contributed by atoms with Gasteiger partial charge in [-0.25, -0.2) is 4.39 Å². The van der Waals surface area contributed by atoms with Crippen molar-refractivity contribution in [2.24, 2.45) is 4.99 Å². The molecule has 2 rings (SSSR count). The largest absolute Gasteiger partial charge is 0.366 e. The van der Waals surface area contributed by atoms with Crippen LogP contribution in [0, 0.1) is 5.82 Å². The number of nitrogens with one attached hydrogen (secondary N) is 1. The summed E-state index contributed by atoms with van der Waals surface area (Å²) in [5, 5.41) is 3.27. The second-order valence-corrected chi connectivity index (χ2v) is 3.71. The molecular formula is C10H10ClFN2. The third-order valence-corrected chi connectivity index (χ3v) is 2.50. The van der Waals surface area contributed by atoms with Crippen molar-refractivity contribution in [2.45, 2.75) is 13.0 Å². The highest BCUT2D eigenvalue weighted by Gasteiger charge is 2.17. The molecule has 0 spiro atoms. The summed E-state index contributed by atoms with van der Waals surface area (Å²) in [5.74, 6) is 0.273. The number of nitrogens with zero attached hydrogens (tertiary/aromatic N) is 1. The highest BCUT2D eigenvalue weighted by atomic mass is 35.5. The molecule has 74 valence electrons. The molecule has 0 aliphatic carbocycles. The zero-order valence-electron chi connectivity index (χ0n) is 7.72. The number of halogens is 2. The Labute approximate surface area is 86.8 Å². The second kappa shape index (κ2) is 3.58. The smallest absolute Gasteiger partial charge is 0.142 e. The average molecular weight is 213 g/mol. The summed E-state index contributed by atoms with van der Waals surface area (Å²) < 4.78 is 13.1. The third kappa shape index (κ3) is 1.60. The minimum absolute atomic E-state index is 0.132. The monoisotopic (exact) mass is 212 g/mol. The fraction of sp³-hybridized carbons (Fsp3) is 0.300. The third-order valence-electron chi connectivity index (χ3n) is 2.11. The van der Waals surface area contributed by atoms with E-state index < -0.39 is 5.82 Å². The average Bonchev–Trinajstić information content (AvgIpc) is 2.57. The first-order valence-electron chi connectivity index (χ1n) is 4.44. The van der Waals surface area contributed by atoms with Crippen molar-refractivity contribution >= 4 is 17.4 Å². The van der Waals surface area contributed by atoms with Crippen LogP contribution in [0.3, 0.4) is 0 Å². The minimum Gasteiger partial charge on any atom is -0.366 e. The van der Waals surface area contributed by atoms with E-state index >= 15 is 0 Å².